The molecule has 1 atom stereocenters. The number of nitrogens with zero attached hydrogens (tertiary/aromatic N) is 5. The van der Waals surface area contributed by atoms with E-state index < -0.39 is 0 Å². The molecule has 11 rings (SSSR count). The molecule has 1 aliphatic carbocycles. The fourth-order valence-electron chi connectivity index (χ4n) is 8.12. The van der Waals surface area contributed by atoms with E-state index in [2.05, 4.69) is 140 Å². The number of fused-ring (bicyclic) bond motifs is 7. The highest BCUT2D eigenvalue weighted by atomic mass is 16.3. The van der Waals surface area contributed by atoms with E-state index in [0.29, 0.717) is 23.2 Å². The Balaban J connectivity index is 1.11. The van der Waals surface area contributed by atoms with Crippen molar-refractivity contribution in [1.82, 2.24) is 24.9 Å². The number of para-hydroxylation sites is 1. The molecule has 6 heteroatoms. The van der Waals surface area contributed by atoms with Crippen molar-refractivity contribution in [2.75, 3.05) is 0 Å². The Labute approximate surface area is 316 Å². The summed E-state index contributed by atoms with van der Waals surface area (Å²) in [5, 5.41) is 7.60. The third-order valence-corrected chi connectivity index (χ3v) is 10.8. The SMILES string of the molecule is C1=CC(c2ccccc2)CC(c2nc(-c3cccc4c(-c5cnc6c(n5)oc5ccccc56)cccc34)nc(-c3cc4ccccc4c4ccccc34)n2)=C1. The van der Waals surface area contributed by atoms with E-state index in [9.17, 15) is 0 Å². The van der Waals surface area contributed by atoms with Crippen molar-refractivity contribution in [3.63, 3.8) is 0 Å². The first kappa shape index (κ1) is 31.2. The van der Waals surface area contributed by atoms with E-state index in [4.69, 9.17) is 29.3 Å². The second kappa shape index (κ2) is 12.7. The Kier molecular flexibility index (Phi) is 7.20. The molecule has 258 valence electrons. The Morgan fingerprint density at radius 1 is 0.509 bits per heavy atom. The molecule has 0 radical (unpaired) electrons. The lowest BCUT2D eigenvalue weighted by atomic mass is 9.88. The number of aromatic nitrogens is 5. The van der Waals surface area contributed by atoms with E-state index >= 15 is 0 Å². The van der Waals surface area contributed by atoms with Crippen molar-refractivity contribution in [1.29, 1.82) is 0 Å². The zero-order valence-corrected chi connectivity index (χ0v) is 29.6. The van der Waals surface area contributed by atoms with Gasteiger partial charge in [0.1, 0.15) is 11.1 Å². The molecular formula is C49H31N5O. The molecule has 3 heterocycles. The van der Waals surface area contributed by atoms with E-state index in [1.54, 1.807) is 0 Å². The Morgan fingerprint density at radius 3 is 2.00 bits per heavy atom. The predicted molar refractivity (Wildman–Crippen MR) is 222 cm³/mol. The lowest BCUT2D eigenvalue weighted by molar-refractivity contribution is 0.653. The van der Waals surface area contributed by atoms with Gasteiger partial charge < -0.3 is 4.42 Å². The number of benzene rings is 7. The summed E-state index contributed by atoms with van der Waals surface area (Å²) in [6.07, 6.45) is 9.16. The van der Waals surface area contributed by atoms with E-state index in [-0.39, 0.29) is 5.92 Å². The molecule has 6 nitrogen and oxygen atoms in total. The van der Waals surface area contributed by atoms with E-state index in [1.807, 2.05) is 30.5 Å². The van der Waals surface area contributed by atoms with Crippen LogP contribution in [-0.4, -0.2) is 24.9 Å². The summed E-state index contributed by atoms with van der Waals surface area (Å²) in [6, 6.07) is 50.4. The van der Waals surface area contributed by atoms with Gasteiger partial charge in [-0.3, -0.25) is 0 Å². The van der Waals surface area contributed by atoms with Crippen molar-refractivity contribution in [2.45, 2.75) is 12.3 Å². The van der Waals surface area contributed by atoms with Gasteiger partial charge in [0.05, 0.1) is 11.9 Å². The number of hydrogen-bond acceptors (Lipinski definition) is 6. The normalized spacial score (nSPS) is 14.3. The number of rotatable bonds is 5. The van der Waals surface area contributed by atoms with E-state index in [0.717, 1.165) is 72.4 Å². The summed E-state index contributed by atoms with van der Waals surface area (Å²) in [6.45, 7) is 0. The molecule has 0 amide bonds. The average Bonchev–Trinajstić information content (AvgIpc) is 3.64. The molecule has 0 spiro atoms. The topological polar surface area (TPSA) is 77.6 Å². The minimum atomic E-state index is 0.219. The van der Waals surface area contributed by atoms with Crippen LogP contribution in [0.25, 0.3) is 94.1 Å². The van der Waals surface area contributed by atoms with Crippen molar-refractivity contribution in [3.8, 4) is 34.0 Å². The summed E-state index contributed by atoms with van der Waals surface area (Å²) in [5.41, 5.74) is 7.97. The van der Waals surface area contributed by atoms with Crippen molar-refractivity contribution < 1.29 is 4.42 Å². The van der Waals surface area contributed by atoms with Gasteiger partial charge >= 0.3 is 0 Å². The van der Waals surface area contributed by atoms with Crippen LogP contribution in [0, 0.1) is 0 Å². The van der Waals surface area contributed by atoms with Gasteiger partial charge in [-0.05, 0) is 68.1 Å². The first-order chi connectivity index (χ1) is 27.2. The molecule has 1 unspecified atom stereocenters. The van der Waals surface area contributed by atoms with Gasteiger partial charge in [-0.15, -0.1) is 0 Å². The monoisotopic (exact) mass is 705 g/mol. The second-order valence-electron chi connectivity index (χ2n) is 14.0. The molecule has 0 fully saturated rings. The van der Waals surface area contributed by atoms with Crippen molar-refractivity contribution in [3.05, 3.63) is 181 Å². The molecular weight excluding hydrogens is 675 g/mol. The number of furan rings is 1. The number of allylic oxidation sites excluding steroid dienone is 4. The summed E-state index contributed by atoms with van der Waals surface area (Å²) < 4.78 is 6.13. The van der Waals surface area contributed by atoms with Crippen LogP contribution in [0.4, 0.5) is 0 Å². The van der Waals surface area contributed by atoms with Gasteiger partial charge in [-0.2, -0.15) is 0 Å². The first-order valence-electron chi connectivity index (χ1n) is 18.5. The standard InChI is InChI=1S/C49H31N5O/c1-2-13-30(14-3-1)31-16-10-17-33(27-31)46-52-47(54-48(53-46)42-28-32-15-4-5-18-34(32)35-19-6-7-20-38(35)42)40-25-12-22-36-37(40)23-11-24-39(36)43-29-50-45-41-21-8-9-26-44(41)55-49(45)51-43/h1-26,28-29,31H,27H2. The summed E-state index contributed by atoms with van der Waals surface area (Å²) >= 11 is 0. The van der Waals surface area contributed by atoms with Gasteiger partial charge in [0.15, 0.2) is 17.5 Å². The second-order valence-corrected chi connectivity index (χ2v) is 14.0. The maximum atomic E-state index is 6.13. The van der Waals surface area contributed by atoms with Gasteiger partial charge in [0.2, 0.25) is 5.71 Å². The third kappa shape index (κ3) is 5.30. The van der Waals surface area contributed by atoms with Crippen molar-refractivity contribution >= 4 is 60.1 Å². The van der Waals surface area contributed by atoms with Crippen LogP contribution in [0.1, 0.15) is 23.7 Å². The molecule has 10 aromatic rings. The zero-order chi connectivity index (χ0) is 36.3. The lowest BCUT2D eigenvalue weighted by Gasteiger charge is -2.19. The Hall–Kier alpha value is -7.31. The number of hydrogen-bond donors (Lipinski definition) is 0. The highest BCUT2D eigenvalue weighted by molar-refractivity contribution is 6.13. The fourth-order valence-corrected chi connectivity index (χ4v) is 8.12. The van der Waals surface area contributed by atoms with Crippen LogP contribution in [0.5, 0.6) is 0 Å². The maximum Gasteiger partial charge on any atom is 0.246 e. The minimum Gasteiger partial charge on any atom is -0.436 e. The molecule has 1 aliphatic rings. The predicted octanol–water partition coefficient (Wildman–Crippen LogP) is 12.1. The van der Waals surface area contributed by atoms with Gasteiger partial charge in [0, 0.05) is 28.0 Å². The van der Waals surface area contributed by atoms with E-state index in [1.165, 1.54) is 16.3 Å². The molecule has 0 bridgehead atoms. The maximum absolute atomic E-state index is 6.13. The Morgan fingerprint density at radius 2 is 1.15 bits per heavy atom. The lowest BCUT2D eigenvalue weighted by Crippen LogP contribution is -2.07. The molecule has 0 saturated carbocycles. The zero-order valence-electron chi connectivity index (χ0n) is 29.6. The van der Waals surface area contributed by atoms with Gasteiger partial charge in [0.25, 0.3) is 0 Å². The molecule has 3 aromatic heterocycles. The fraction of sp³-hybridized carbons (Fsp3) is 0.0408. The molecule has 55 heavy (non-hydrogen) atoms. The smallest absolute Gasteiger partial charge is 0.246 e. The van der Waals surface area contributed by atoms with Crippen LogP contribution in [0.3, 0.4) is 0 Å². The molecule has 0 saturated heterocycles. The first-order valence-corrected chi connectivity index (χ1v) is 18.5. The summed E-state index contributed by atoms with van der Waals surface area (Å²) in [5.74, 6) is 2.15. The quantitative estimate of drug-likeness (QED) is 0.166. The van der Waals surface area contributed by atoms with Crippen molar-refractivity contribution in [2.24, 2.45) is 0 Å². The largest absolute Gasteiger partial charge is 0.436 e. The van der Waals surface area contributed by atoms with Crippen LogP contribution >= 0.6 is 0 Å². The average molecular weight is 706 g/mol. The van der Waals surface area contributed by atoms with Crippen LogP contribution in [0.2, 0.25) is 0 Å². The van der Waals surface area contributed by atoms with Crippen LogP contribution in [0.15, 0.2) is 174 Å². The Bertz CT molecular complexity index is 3200. The summed E-state index contributed by atoms with van der Waals surface area (Å²) in [7, 11) is 0. The minimum absolute atomic E-state index is 0.219. The van der Waals surface area contributed by atoms with Crippen LogP contribution in [-0.2, 0) is 0 Å². The highest BCUT2D eigenvalue weighted by Gasteiger charge is 2.22. The van der Waals surface area contributed by atoms with Crippen LogP contribution < -0.4 is 0 Å². The molecule has 7 aromatic carbocycles. The van der Waals surface area contributed by atoms with Gasteiger partial charge in [-0.25, -0.2) is 24.9 Å². The highest BCUT2D eigenvalue weighted by Crippen LogP contribution is 2.39. The third-order valence-electron chi connectivity index (χ3n) is 10.8. The van der Waals surface area contributed by atoms with Gasteiger partial charge in [-0.1, -0.05) is 146 Å². The molecule has 0 N–H and O–H groups in total. The molecule has 0 aliphatic heterocycles. The summed E-state index contributed by atoms with van der Waals surface area (Å²) in [4.78, 5) is 25.6.